The summed E-state index contributed by atoms with van der Waals surface area (Å²) in [6, 6.07) is 13.4. The smallest absolute Gasteiger partial charge is 0.258 e. The molecule has 2 N–H and O–H groups in total. The van der Waals surface area contributed by atoms with Gasteiger partial charge in [0.1, 0.15) is 5.82 Å². The van der Waals surface area contributed by atoms with Gasteiger partial charge in [0.05, 0.1) is 5.69 Å². The number of rotatable bonds is 7. The van der Waals surface area contributed by atoms with Crippen molar-refractivity contribution in [1.29, 1.82) is 0 Å². The number of tetrazole rings is 1. The second-order valence-corrected chi connectivity index (χ2v) is 5.68. The van der Waals surface area contributed by atoms with E-state index in [0.717, 1.165) is 11.3 Å². The molecule has 0 saturated carbocycles. The Morgan fingerprint density at radius 3 is 2.74 bits per heavy atom. The molecule has 0 aliphatic carbocycles. The highest BCUT2D eigenvalue weighted by molar-refractivity contribution is 5.57. The van der Waals surface area contributed by atoms with E-state index in [4.69, 9.17) is 4.52 Å². The highest BCUT2D eigenvalue weighted by atomic mass is 16.5. The molecule has 0 aliphatic heterocycles. The van der Waals surface area contributed by atoms with Crippen LogP contribution < -0.4 is 10.6 Å². The predicted molar refractivity (Wildman–Crippen MR) is 98.4 cm³/mol. The van der Waals surface area contributed by atoms with Gasteiger partial charge < -0.3 is 15.2 Å². The third-order valence-corrected chi connectivity index (χ3v) is 3.72. The molecular formula is C17H17N9O. The first-order valence-corrected chi connectivity index (χ1v) is 8.38. The van der Waals surface area contributed by atoms with E-state index in [0.29, 0.717) is 36.6 Å². The van der Waals surface area contributed by atoms with Crippen LogP contribution in [0.15, 0.2) is 53.2 Å². The SMILES string of the molecule is Cc1noc(-c2ccnc(NCCNc3nnnn3-c3ccccc3)c2)n1. The normalized spacial score (nSPS) is 10.7. The van der Waals surface area contributed by atoms with Crippen molar-refractivity contribution in [2.75, 3.05) is 23.7 Å². The first-order chi connectivity index (χ1) is 13.3. The van der Waals surface area contributed by atoms with Crippen molar-refractivity contribution in [3.05, 3.63) is 54.5 Å². The van der Waals surface area contributed by atoms with Crippen LogP contribution in [0.3, 0.4) is 0 Å². The molecule has 10 heteroatoms. The number of aryl methyl sites for hydroxylation is 1. The van der Waals surface area contributed by atoms with Crippen LogP contribution in [0.2, 0.25) is 0 Å². The summed E-state index contributed by atoms with van der Waals surface area (Å²) in [6.07, 6.45) is 1.70. The number of hydrogen-bond acceptors (Lipinski definition) is 9. The van der Waals surface area contributed by atoms with E-state index >= 15 is 0 Å². The van der Waals surface area contributed by atoms with E-state index in [9.17, 15) is 0 Å². The maximum atomic E-state index is 5.18. The molecule has 4 aromatic rings. The van der Waals surface area contributed by atoms with Crippen LogP contribution in [0.5, 0.6) is 0 Å². The van der Waals surface area contributed by atoms with E-state index in [2.05, 4.69) is 41.3 Å². The molecule has 1 aromatic carbocycles. The third-order valence-electron chi connectivity index (χ3n) is 3.72. The molecule has 0 atom stereocenters. The lowest BCUT2D eigenvalue weighted by Gasteiger charge is -2.08. The van der Waals surface area contributed by atoms with E-state index in [-0.39, 0.29) is 0 Å². The predicted octanol–water partition coefficient (Wildman–Crippen LogP) is 1.94. The Morgan fingerprint density at radius 1 is 1.07 bits per heavy atom. The number of nitrogens with zero attached hydrogens (tertiary/aromatic N) is 7. The second-order valence-electron chi connectivity index (χ2n) is 5.68. The molecule has 0 fully saturated rings. The molecule has 0 amide bonds. The topological polar surface area (TPSA) is 119 Å². The number of pyridine rings is 1. The van der Waals surface area contributed by atoms with Crippen molar-refractivity contribution in [3.63, 3.8) is 0 Å². The minimum absolute atomic E-state index is 0.470. The van der Waals surface area contributed by atoms with Gasteiger partial charge in [0, 0.05) is 24.8 Å². The monoisotopic (exact) mass is 363 g/mol. The molecule has 3 aromatic heterocycles. The van der Waals surface area contributed by atoms with E-state index in [1.807, 2.05) is 42.5 Å². The lowest BCUT2D eigenvalue weighted by molar-refractivity contribution is 0.425. The summed E-state index contributed by atoms with van der Waals surface area (Å²) in [5.74, 6) is 2.36. The molecule has 0 unspecified atom stereocenters. The minimum atomic E-state index is 0.470. The number of para-hydroxylation sites is 1. The quantitative estimate of drug-likeness (QED) is 0.475. The number of anilines is 2. The van der Waals surface area contributed by atoms with E-state index in [1.54, 1.807) is 17.8 Å². The number of aromatic nitrogens is 7. The average Bonchev–Trinajstić information content (AvgIpc) is 3.35. The van der Waals surface area contributed by atoms with Gasteiger partial charge in [-0.3, -0.25) is 0 Å². The van der Waals surface area contributed by atoms with Crippen molar-refractivity contribution >= 4 is 11.8 Å². The lowest BCUT2D eigenvalue weighted by Crippen LogP contribution is -2.16. The summed E-state index contributed by atoms with van der Waals surface area (Å²) in [6.45, 7) is 3.02. The van der Waals surface area contributed by atoms with E-state index in [1.165, 1.54) is 0 Å². The molecular weight excluding hydrogens is 346 g/mol. The number of hydrogen-bond donors (Lipinski definition) is 2. The molecule has 136 valence electrons. The fourth-order valence-electron chi connectivity index (χ4n) is 2.48. The maximum absolute atomic E-state index is 5.18. The summed E-state index contributed by atoms with van der Waals surface area (Å²) < 4.78 is 6.83. The van der Waals surface area contributed by atoms with Crippen LogP contribution in [-0.2, 0) is 0 Å². The Hall–Kier alpha value is -3.82. The van der Waals surface area contributed by atoms with Gasteiger partial charge in [-0.25, -0.2) is 4.98 Å². The fourth-order valence-corrected chi connectivity index (χ4v) is 2.48. The van der Waals surface area contributed by atoms with Crippen molar-refractivity contribution in [2.24, 2.45) is 0 Å². The van der Waals surface area contributed by atoms with Gasteiger partial charge in [-0.15, -0.1) is 0 Å². The standard InChI is InChI=1S/C17H17N9O/c1-12-21-16(27-23-12)13-7-8-18-15(11-13)19-9-10-20-17-22-24-25-26(17)14-5-3-2-4-6-14/h2-8,11H,9-10H2,1H3,(H,18,19)(H,20,22,25). The van der Waals surface area contributed by atoms with Crippen LogP contribution in [0.25, 0.3) is 17.1 Å². The first-order valence-electron chi connectivity index (χ1n) is 8.38. The van der Waals surface area contributed by atoms with Gasteiger partial charge in [-0.05, 0) is 41.6 Å². The molecule has 0 radical (unpaired) electrons. The second kappa shape index (κ2) is 7.60. The summed E-state index contributed by atoms with van der Waals surface area (Å²) in [5.41, 5.74) is 1.70. The Morgan fingerprint density at radius 2 is 1.93 bits per heavy atom. The number of nitrogens with one attached hydrogen (secondary N) is 2. The summed E-state index contributed by atoms with van der Waals surface area (Å²) >= 11 is 0. The van der Waals surface area contributed by atoms with Crippen molar-refractivity contribution in [2.45, 2.75) is 6.92 Å². The van der Waals surface area contributed by atoms with Crippen LogP contribution >= 0.6 is 0 Å². The summed E-state index contributed by atoms with van der Waals surface area (Å²) in [4.78, 5) is 8.52. The summed E-state index contributed by atoms with van der Waals surface area (Å²) in [5, 5.41) is 22.0. The molecule has 10 nitrogen and oxygen atoms in total. The zero-order valence-electron chi connectivity index (χ0n) is 14.6. The molecule has 0 aliphatic rings. The minimum Gasteiger partial charge on any atom is -0.368 e. The van der Waals surface area contributed by atoms with Crippen LogP contribution in [0, 0.1) is 6.92 Å². The maximum Gasteiger partial charge on any atom is 0.258 e. The average molecular weight is 363 g/mol. The van der Waals surface area contributed by atoms with Crippen molar-refractivity contribution in [1.82, 2.24) is 35.3 Å². The summed E-state index contributed by atoms with van der Waals surface area (Å²) in [7, 11) is 0. The van der Waals surface area contributed by atoms with E-state index < -0.39 is 0 Å². The third kappa shape index (κ3) is 3.89. The highest BCUT2D eigenvalue weighted by Crippen LogP contribution is 2.19. The molecule has 0 spiro atoms. The Bertz CT molecular complexity index is 1010. The van der Waals surface area contributed by atoms with Gasteiger partial charge >= 0.3 is 0 Å². The Kier molecular flexibility index (Phi) is 4.68. The van der Waals surface area contributed by atoms with Crippen molar-refractivity contribution < 1.29 is 4.52 Å². The highest BCUT2D eigenvalue weighted by Gasteiger charge is 2.08. The van der Waals surface area contributed by atoms with Gasteiger partial charge in [0.25, 0.3) is 5.89 Å². The number of benzene rings is 1. The van der Waals surface area contributed by atoms with Crippen LogP contribution in [0.4, 0.5) is 11.8 Å². The van der Waals surface area contributed by atoms with Gasteiger partial charge in [0.15, 0.2) is 5.82 Å². The van der Waals surface area contributed by atoms with Gasteiger partial charge in [-0.1, -0.05) is 28.5 Å². The Labute approximate surface area is 154 Å². The van der Waals surface area contributed by atoms with Crippen molar-refractivity contribution in [3.8, 4) is 17.1 Å². The molecule has 27 heavy (non-hydrogen) atoms. The molecule has 0 saturated heterocycles. The van der Waals surface area contributed by atoms with Gasteiger partial charge in [-0.2, -0.15) is 9.67 Å². The molecule has 0 bridgehead atoms. The largest absolute Gasteiger partial charge is 0.368 e. The molecule has 3 heterocycles. The zero-order chi connectivity index (χ0) is 18.5. The van der Waals surface area contributed by atoms with Crippen LogP contribution in [-0.4, -0.2) is 48.4 Å². The van der Waals surface area contributed by atoms with Crippen LogP contribution in [0.1, 0.15) is 5.82 Å². The Balaban J connectivity index is 1.34. The zero-order valence-corrected chi connectivity index (χ0v) is 14.6. The lowest BCUT2D eigenvalue weighted by atomic mass is 10.2. The van der Waals surface area contributed by atoms with Gasteiger partial charge in [0.2, 0.25) is 5.95 Å². The first kappa shape index (κ1) is 16.6. The molecule has 4 rings (SSSR count). The fraction of sp³-hybridized carbons (Fsp3) is 0.176.